The quantitative estimate of drug-likeness (QED) is 0.587. The van der Waals surface area contributed by atoms with Crippen molar-refractivity contribution in [1.29, 1.82) is 0 Å². The van der Waals surface area contributed by atoms with Gasteiger partial charge in [-0.2, -0.15) is 0 Å². The molecule has 7 heteroatoms. The van der Waals surface area contributed by atoms with Crippen LogP contribution in [0.1, 0.15) is 12.5 Å². The van der Waals surface area contributed by atoms with Crippen LogP contribution >= 0.6 is 0 Å². The molecule has 0 saturated carbocycles. The molecular formula is C19H20N2O5. The summed E-state index contributed by atoms with van der Waals surface area (Å²) in [5.41, 5.74) is 0.371. The van der Waals surface area contributed by atoms with E-state index >= 15 is 0 Å². The van der Waals surface area contributed by atoms with Crippen LogP contribution in [0, 0.1) is 10.1 Å². The number of carbonyl (C=O) groups is 1. The molecule has 0 spiro atoms. The molecule has 0 aromatic heterocycles. The Kier molecular flexibility index (Phi) is 5.36. The van der Waals surface area contributed by atoms with E-state index in [1.165, 1.54) is 6.07 Å². The fourth-order valence-electron chi connectivity index (χ4n) is 2.92. The number of carbonyl (C=O) groups excluding carboxylic acids is 1. The largest absolute Gasteiger partial charge is 0.486 e. The minimum Gasteiger partial charge on any atom is -0.486 e. The molecule has 136 valence electrons. The van der Waals surface area contributed by atoms with Gasteiger partial charge in [0.25, 0.3) is 5.69 Å². The van der Waals surface area contributed by atoms with Crippen molar-refractivity contribution >= 4 is 11.6 Å². The Morgan fingerprint density at radius 3 is 2.62 bits per heavy atom. The van der Waals surface area contributed by atoms with Gasteiger partial charge in [0.2, 0.25) is 5.91 Å². The number of fused-ring (bicyclic) bond motifs is 1. The molecule has 0 fully saturated rings. The summed E-state index contributed by atoms with van der Waals surface area (Å²) in [5.74, 6) is 1.17. The van der Waals surface area contributed by atoms with Crippen molar-refractivity contribution in [1.82, 2.24) is 4.90 Å². The van der Waals surface area contributed by atoms with E-state index in [1.54, 1.807) is 23.1 Å². The molecule has 0 saturated heterocycles. The topological polar surface area (TPSA) is 81.9 Å². The lowest BCUT2D eigenvalue weighted by Crippen LogP contribution is -2.44. The zero-order valence-electron chi connectivity index (χ0n) is 14.5. The lowest BCUT2D eigenvalue weighted by atomic mass is 10.1. The zero-order chi connectivity index (χ0) is 18.5. The molecule has 1 heterocycles. The molecule has 0 aliphatic carbocycles. The van der Waals surface area contributed by atoms with Gasteiger partial charge in [-0.3, -0.25) is 14.9 Å². The van der Waals surface area contributed by atoms with E-state index in [0.717, 1.165) is 0 Å². The molecule has 26 heavy (non-hydrogen) atoms. The minimum atomic E-state index is -0.464. The first-order valence-corrected chi connectivity index (χ1v) is 8.47. The molecule has 1 atom stereocenters. The van der Waals surface area contributed by atoms with Gasteiger partial charge in [-0.05, 0) is 19.1 Å². The standard InChI is InChI=1S/C19H20N2O5/c1-2-20(12-15-13-25-17-9-5-6-10-18(17)26-15)19(22)11-14-7-3-4-8-16(14)21(23)24/h3-10,15H,2,11-13H2,1H3. The molecule has 1 unspecified atom stereocenters. The Morgan fingerprint density at radius 1 is 1.19 bits per heavy atom. The molecule has 2 aromatic carbocycles. The molecular weight excluding hydrogens is 336 g/mol. The average Bonchev–Trinajstić information content (AvgIpc) is 2.66. The average molecular weight is 356 g/mol. The summed E-state index contributed by atoms with van der Waals surface area (Å²) >= 11 is 0. The van der Waals surface area contributed by atoms with Gasteiger partial charge < -0.3 is 14.4 Å². The third kappa shape index (κ3) is 3.93. The number of hydrogen-bond acceptors (Lipinski definition) is 5. The van der Waals surface area contributed by atoms with E-state index in [9.17, 15) is 14.9 Å². The molecule has 0 radical (unpaired) electrons. The van der Waals surface area contributed by atoms with E-state index < -0.39 is 4.92 Å². The number of likely N-dealkylation sites (N-methyl/N-ethyl adjacent to an activating group) is 1. The van der Waals surface area contributed by atoms with Gasteiger partial charge in [-0.15, -0.1) is 0 Å². The second kappa shape index (κ2) is 7.86. The van der Waals surface area contributed by atoms with Gasteiger partial charge in [0.05, 0.1) is 17.9 Å². The maximum Gasteiger partial charge on any atom is 0.273 e. The number of amides is 1. The normalized spacial score (nSPS) is 15.3. The predicted molar refractivity (Wildman–Crippen MR) is 95.4 cm³/mol. The van der Waals surface area contributed by atoms with Gasteiger partial charge >= 0.3 is 0 Å². The zero-order valence-corrected chi connectivity index (χ0v) is 14.5. The first-order valence-electron chi connectivity index (χ1n) is 8.47. The fraction of sp³-hybridized carbons (Fsp3) is 0.316. The maximum atomic E-state index is 12.6. The molecule has 1 aliphatic rings. The second-order valence-corrected chi connectivity index (χ2v) is 5.99. The van der Waals surface area contributed by atoms with Crippen molar-refractivity contribution in [3.63, 3.8) is 0 Å². The molecule has 2 aromatic rings. The number of para-hydroxylation sites is 3. The van der Waals surface area contributed by atoms with Crippen molar-refractivity contribution in [2.45, 2.75) is 19.4 Å². The third-order valence-corrected chi connectivity index (χ3v) is 4.26. The van der Waals surface area contributed by atoms with Crippen LogP contribution in [0.3, 0.4) is 0 Å². The smallest absolute Gasteiger partial charge is 0.273 e. The van der Waals surface area contributed by atoms with Crippen LogP contribution in [0.15, 0.2) is 48.5 Å². The fourth-order valence-corrected chi connectivity index (χ4v) is 2.92. The summed E-state index contributed by atoms with van der Waals surface area (Å²) in [5, 5.41) is 11.1. The third-order valence-electron chi connectivity index (χ3n) is 4.26. The van der Waals surface area contributed by atoms with Gasteiger partial charge in [-0.1, -0.05) is 30.3 Å². The highest BCUT2D eigenvalue weighted by molar-refractivity contribution is 5.80. The maximum absolute atomic E-state index is 12.6. The highest BCUT2D eigenvalue weighted by atomic mass is 16.6. The first kappa shape index (κ1) is 17.7. The van der Waals surface area contributed by atoms with Crippen molar-refractivity contribution in [2.24, 2.45) is 0 Å². The molecule has 0 N–H and O–H groups in total. The summed E-state index contributed by atoms with van der Waals surface area (Å²) in [6, 6.07) is 13.7. The summed E-state index contributed by atoms with van der Waals surface area (Å²) in [6.07, 6.45) is -0.297. The van der Waals surface area contributed by atoms with Gasteiger partial charge in [-0.25, -0.2) is 0 Å². The van der Waals surface area contributed by atoms with E-state index in [4.69, 9.17) is 9.47 Å². The summed E-state index contributed by atoms with van der Waals surface area (Å²) in [4.78, 5) is 24.9. The Morgan fingerprint density at radius 2 is 1.88 bits per heavy atom. The summed E-state index contributed by atoms with van der Waals surface area (Å²) < 4.78 is 11.6. The van der Waals surface area contributed by atoms with Gasteiger partial charge in [0.1, 0.15) is 6.61 Å². The van der Waals surface area contributed by atoms with Crippen molar-refractivity contribution in [3.8, 4) is 11.5 Å². The number of ether oxygens (including phenoxy) is 2. The summed E-state index contributed by atoms with van der Waals surface area (Å²) in [7, 11) is 0. The molecule has 0 bridgehead atoms. The van der Waals surface area contributed by atoms with Crippen LogP contribution in [0.2, 0.25) is 0 Å². The number of rotatable bonds is 6. The second-order valence-electron chi connectivity index (χ2n) is 5.99. The number of benzene rings is 2. The minimum absolute atomic E-state index is 0.0187. The number of hydrogen-bond donors (Lipinski definition) is 0. The van der Waals surface area contributed by atoms with Crippen LogP contribution in [0.25, 0.3) is 0 Å². The molecule has 3 rings (SSSR count). The Bertz CT molecular complexity index is 808. The van der Waals surface area contributed by atoms with Gasteiger partial charge in [0.15, 0.2) is 17.6 Å². The Balaban J connectivity index is 1.66. The molecule has 7 nitrogen and oxygen atoms in total. The van der Waals surface area contributed by atoms with Crippen molar-refractivity contribution in [3.05, 3.63) is 64.2 Å². The van der Waals surface area contributed by atoms with E-state index in [-0.39, 0.29) is 24.1 Å². The van der Waals surface area contributed by atoms with Gasteiger partial charge in [0, 0.05) is 18.2 Å². The molecule has 1 aliphatic heterocycles. The lowest BCUT2D eigenvalue weighted by Gasteiger charge is -2.31. The SMILES string of the molecule is CCN(CC1COc2ccccc2O1)C(=O)Cc1ccccc1[N+](=O)[O-]. The molecule has 1 amide bonds. The van der Waals surface area contributed by atoms with Crippen LogP contribution in [0.4, 0.5) is 5.69 Å². The highest BCUT2D eigenvalue weighted by Gasteiger charge is 2.26. The van der Waals surface area contributed by atoms with Crippen LogP contribution < -0.4 is 9.47 Å². The van der Waals surface area contributed by atoms with Crippen molar-refractivity contribution in [2.75, 3.05) is 19.7 Å². The lowest BCUT2D eigenvalue weighted by molar-refractivity contribution is -0.385. The first-order chi connectivity index (χ1) is 12.6. The Hall–Kier alpha value is -3.09. The van der Waals surface area contributed by atoms with E-state index in [0.29, 0.717) is 36.8 Å². The van der Waals surface area contributed by atoms with Crippen LogP contribution in [-0.4, -0.2) is 41.5 Å². The number of nitro benzene ring substituents is 1. The summed E-state index contributed by atoms with van der Waals surface area (Å²) in [6.45, 7) is 3.08. The predicted octanol–water partition coefficient (Wildman–Crippen LogP) is 2.83. The van der Waals surface area contributed by atoms with Crippen LogP contribution in [0.5, 0.6) is 11.5 Å². The number of nitro groups is 1. The Labute approximate surface area is 151 Å². The van der Waals surface area contributed by atoms with E-state index in [1.807, 2.05) is 31.2 Å². The number of nitrogens with zero attached hydrogens (tertiary/aromatic N) is 2. The van der Waals surface area contributed by atoms with Crippen molar-refractivity contribution < 1.29 is 19.2 Å². The van der Waals surface area contributed by atoms with E-state index in [2.05, 4.69) is 0 Å². The highest BCUT2D eigenvalue weighted by Crippen LogP contribution is 2.31. The monoisotopic (exact) mass is 356 g/mol. The van der Waals surface area contributed by atoms with Crippen LogP contribution in [-0.2, 0) is 11.2 Å².